The van der Waals surface area contributed by atoms with Crippen LogP contribution in [-0.2, 0) is 10.0 Å². The summed E-state index contributed by atoms with van der Waals surface area (Å²) in [6.45, 7) is 6.83. The second-order valence-electron chi connectivity index (χ2n) is 5.33. The highest BCUT2D eigenvalue weighted by Crippen LogP contribution is 2.26. The van der Waals surface area contributed by atoms with E-state index in [0.29, 0.717) is 17.4 Å². The Hall–Kier alpha value is -0.870. The Morgan fingerprint density at radius 1 is 1.22 bits per heavy atom. The molecule has 1 aromatic rings. The van der Waals surface area contributed by atoms with E-state index in [2.05, 4.69) is 13.8 Å². The van der Waals surface area contributed by atoms with Crippen molar-refractivity contribution in [3.63, 3.8) is 0 Å². The highest BCUT2D eigenvalue weighted by molar-refractivity contribution is 7.89. The van der Waals surface area contributed by atoms with Gasteiger partial charge in [-0.05, 0) is 43.4 Å². The molecule has 100 valence electrons. The number of nitrogens with zero attached hydrogens (tertiary/aromatic N) is 1. The summed E-state index contributed by atoms with van der Waals surface area (Å²) >= 11 is 0. The lowest BCUT2D eigenvalue weighted by Gasteiger charge is -2.21. The van der Waals surface area contributed by atoms with Crippen LogP contribution in [0.5, 0.6) is 0 Å². The molecule has 0 aliphatic carbocycles. The van der Waals surface area contributed by atoms with Crippen LogP contribution < -0.4 is 0 Å². The van der Waals surface area contributed by atoms with Crippen molar-refractivity contribution in [2.75, 3.05) is 6.54 Å². The fourth-order valence-electron chi connectivity index (χ4n) is 2.42. The smallest absolute Gasteiger partial charge is 0.207 e. The molecule has 0 saturated carbocycles. The molecule has 0 amide bonds. The molecule has 1 unspecified atom stereocenters. The summed E-state index contributed by atoms with van der Waals surface area (Å²) in [6, 6.07) is 7.42. The monoisotopic (exact) mass is 267 g/mol. The molecule has 0 spiro atoms. The molecule has 1 aliphatic rings. The largest absolute Gasteiger partial charge is 0.243 e. The Morgan fingerprint density at radius 2 is 1.83 bits per heavy atom. The van der Waals surface area contributed by atoms with Gasteiger partial charge in [-0.15, -0.1) is 0 Å². The quantitative estimate of drug-likeness (QED) is 0.844. The van der Waals surface area contributed by atoms with Gasteiger partial charge in [-0.25, -0.2) is 8.42 Å². The molecule has 18 heavy (non-hydrogen) atoms. The predicted molar refractivity (Wildman–Crippen MR) is 73.1 cm³/mol. The lowest BCUT2D eigenvalue weighted by atomic mass is 10.0. The zero-order valence-corrected chi connectivity index (χ0v) is 12.1. The van der Waals surface area contributed by atoms with Crippen molar-refractivity contribution in [3.05, 3.63) is 29.8 Å². The van der Waals surface area contributed by atoms with E-state index in [0.717, 1.165) is 12.8 Å². The normalized spacial score (nSPS) is 21.7. The Labute approximate surface area is 110 Å². The Kier molecular flexibility index (Phi) is 3.78. The zero-order chi connectivity index (χ0) is 13.3. The summed E-state index contributed by atoms with van der Waals surface area (Å²) in [5.74, 6) is 0.424. The van der Waals surface area contributed by atoms with Crippen LogP contribution in [0.1, 0.15) is 45.1 Å². The van der Waals surface area contributed by atoms with Crippen LogP contribution in [0.25, 0.3) is 0 Å². The van der Waals surface area contributed by atoms with Crippen molar-refractivity contribution in [2.24, 2.45) is 0 Å². The van der Waals surface area contributed by atoms with Gasteiger partial charge in [0.2, 0.25) is 10.0 Å². The fraction of sp³-hybridized carbons (Fsp3) is 0.571. The third-order valence-electron chi connectivity index (χ3n) is 3.65. The Balaban J connectivity index is 2.30. The van der Waals surface area contributed by atoms with Gasteiger partial charge in [0.05, 0.1) is 4.90 Å². The van der Waals surface area contributed by atoms with E-state index in [-0.39, 0.29) is 6.04 Å². The number of hydrogen-bond acceptors (Lipinski definition) is 2. The second-order valence-corrected chi connectivity index (χ2v) is 7.22. The van der Waals surface area contributed by atoms with E-state index >= 15 is 0 Å². The number of benzene rings is 1. The summed E-state index contributed by atoms with van der Waals surface area (Å²) < 4.78 is 26.5. The minimum absolute atomic E-state index is 0.125. The van der Waals surface area contributed by atoms with Crippen molar-refractivity contribution >= 4 is 10.0 Å². The third kappa shape index (κ3) is 2.45. The molecule has 0 N–H and O–H groups in total. The first-order valence-electron chi connectivity index (χ1n) is 6.54. The minimum Gasteiger partial charge on any atom is -0.207 e. The van der Waals surface area contributed by atoms with Crippen molar-refractivity contribution in [1.82, 2.24) is 4.31 Å². The fourth-order valence-corrected chi connectivity index (χ4v) is 4.12. The van der Waals surface area contributed by atoms with Gasteiger partial charge in [0.1, 0.15) is 0 Å². The predicted octanol–water partition coefficient (Wildman–Crippen LogP) is 2.98. The molecule has 0 radical (unpaired) electrons. The lowest BCUT2D eigenvalue weighted by molar-refractivity contribution is 0.408. The molecule has 4 heteroatoms. The van der Waals surface area contributed by atoms with Gasteiger partial charge in [-0.1, -0.05) is 26.0 Å². The van der Waals surface area contributed by atoms with Gasteiger partial charge in [-0.2, -0.15) is 4.31 Å². The maximum atomic E-state index is 12.5. The summed E-state index contributed by atoms with van der Waals surface area (Å²) in [4.78, 5) is 0.417. The van der Waals surface area contributed by atoms with Crippen molar-refractivity contribution in [2.45, 2.75) is 50.5 Å². The van der Waals surface area contributed by atoms with Crippen molar-refractivity contribution < 1.29 is 8.42 Å². The van der Waals surface area contributed by atoms with E-state index in [9.17, 15) is 8.42 Å². The molecule has 0 bridgehead atoms. The number of rotatable bonds is 3. The van der Waals surface area contributed by atoms with Gasteiger partial charge in [0.25, 0.3) is 0 Å². The van der Waals surface area contributed by atoms with Crippen LogP contribution >= 0.6 is 0 Å². The van der Waals surface area contributed by atoms with Gasteiger partial charge in [0.15, 0.2) is 0 Å². The third-order valence-corrected chi connectivity index (χ3v) is 5.67. The summed E-state index contributed by atoms with van der Waals surface area (Å²) in [7, 11) is -3.30. The molecule has 1 heterocycles. The van der Waals surface area contributed by atoms with Crippen LogP contribution in [0.4, 0.5) is 0 Å². The molecule has 1 aromatic carbocycles. The Morgan fingerprint density at radius 3 is 2.28 bits per heavy atom. The van der Waals surface area contributed by atoms with Crippen LogP contribution in [0.2, 0.25) is 0 Å². The first kappa shape index (κ1) is 13.6. The maximum absolute atomic E-state index is 12.5. The maximum Gasteiger partial charge on any atom is 0.243 e. The van der Waals surface area contributed by atoms with Crippen molar-refractivity contribution in [1.29, 1.82) is 0 Å². The van der Waals surface area contributed by atoms with E-state index < -0.39 is 10.0 Å². The summed E-state index contributed by atoms with van der Waals surface area (Å²) in [6.07, 6.45) is 1.92. The molecule has 3 nitrogen and oxygen atoms in total. The van der Waals surface area contributed by atoms with Crippen LogP contribution in [0.15, 0.2) is 29.2 Å². The first-order chi connectivity index (χ1) is 8.43. The van der Waals surface area contributed by atoms with E-state index in [1.807, 2.05) is 19.1 Å². The van der Waals surface area contributed by atoms with Crippen LogP contribution in [0.3, 0.4) is 0 Å². The molecule has 1 aliphatic heterocycles. The lowest BCUT2D eigenvalue weighted by Crippen LogP contribution is -2.33. The van der Waals surface area contributed by atoms with E-state index in [1.54, 1.807) is 16.4 Å². The first-order valence-corrected chi connectivity index (χ1v) is 7.98. The average Bonchev–Trinajstić information content (AvgIpc) is 2.76. The minimum atomic E-state index is -3.30. The average molecular weight is 267 g/mol. The zero-order valence-electron chi connectivity index (χ0n) is 11.3. The molecule has 0 aromatic heterocycles. The molecule has 1 saturated heterocycles. The standard InChI is InChI=1S/C14H21NO2S/c1-11(2)13-6-8-14(9-7-13)18(16,17)15-10-4-5-12(15)3/h6-9,11-12H,4-5,10H2,1-3H3. The topological polar surface area (TPSA) is 37.4 Å². The summed E-state index contributed by atoms with van der Waals surface area (Å²) in [5, 5.41) is 0. The van der Waals surface area contributed by atoms with Crippen molar-refractivity contribution in [3.8, 4) is 0 Å². The van der Waals surface area contributed by atoms with Gasteiger partial charge < -0.3 is 0 Å². The second kappa shape index (κ2) is 5.02. The molecule has 1 atom stereocenters. The molecular formula is C14H21NO2S. The molecular weight excluding hydrogens is 246 g/mol. The van der Waals surface area contributed by atoms with E-state index in [1.165, 1.54) is 5.56 Å². The summed E-state index contributed by atoms with van der Waals surface area (Å²) in [5.41, 5.74) is 1.17. The van der Waals surface area contributed by atoms with Gasteiger partial charge in [0, 0.05) is 12.6 Å². The van der Waals surface area contributed by atoms with Gasteiger partial charge >= 0.3 is 0 Å². The molecule has 2 rings (SSSR count). The van der Waals surface area contributed by atoms with Crippen LogP contribution in [-0.4, -0.2) is 25.3 Å². The SMILES string of the molecule is CC(C)c1ccc(S(=O)(=O)N2CCCC2C)cc1. The Bertz CT molecular complexity index is 505. The highest BCUT2D eigenvalue weighted by Gasteiger charge is 2.32. The molecule has 1 fully saturated rings. The highest BCUT2D eigenvalue weighted by atomic mass is 32.2. The number of sulfonamides is 1. The van der Waals surface area contributed by atoms with Crippen LogP contribution in [0, 0.1) is 0 Å². The van der Waals surface area contributed by atoms with Gasteiger partial charge in [-0.3, -0.25) is 0 Å². The van der Waals surface area contributed by atoms with E-state index in [4.69, 9.17) is 0 Å². The number of hydrogen-bond donors (Lipinski definition) is 0.